The molecule has 3 N–H and O–H groups in total. The van der Waals surface area contributed by atoms with Gasteiger partial charge in [-0.1, -0.05) is 11.6 Å². The van der Waals surface area contributed by atoms with Gasteiger partial charge in [0.25, 0.3) is 0 Å². The number of benzene rings is 1. The second-order valence-corrected chi connectivity index (χ2v) is 4.24. The lowest BCUT2D eigenvalue weighted by atomic mass is 10.1. The van der Waals surface area contributed by atoms with Crippen LogP contribution in [0.3, 0.4) is 0 Å². The van der Waals surface area contributed by atoms with Crippen LogP contribution in [-0.4, -0.2) is 17.6 Å². The normalized spacial score (nSPS) is 12.7. The van der Waals surface area contributed by atoms with Crippen molar-refractivity contribution in [1.82, 2.24) is 4.98 Å². The molecule has 0 radical (unpaired) electrons. The van der Waals surface area contributed by atoms with Gasteiger partial charge in [-0.2, -0.15) is 0 Å². The minimum absolute atomic E-state index is 0.237. The van der Waals surface area contributed by atoms with Gasteiger partial charge >= 0.3 is 0 Å². The predicted octanol–water partition coefficient (Wildman–Crippen LogP) is 2.65. The highest BCUT2D eigenvalue weighted by molar-refractivity contribution is 6.31. The number of nitrogens with two attached hydrogens (primary N) is 1. The summed E-state index contributed by atoms with van der Waals surface area (Å²) in [5.41, 5.74) is 7.52. The van der Waals surface area contributed by atoms with Crippen LogP contribution in [0, 0.1) is 0 Å². The summed E-state index contributed by atoms with van der Waals surface area (Å²) in [4.78, 5) is 4.28. The molecule has 2 aromatic rings. The van der Waals surface area contributed by atoms with Crippen molar-refractivity contribution in [2.75, 3.05) is 11.9 Å². The Morgan fingerprint density at radius 3 is 3.00 bits per heavy atom. The Morgan fingerprint density at radius 1 is 1.44 bits per heavy atom. The Bertz CT molecular complexity index is 499. The van der Waals surface area contributed by atoms with E-state index in [-0.39, 0.29) is 6.04 Å². The highest BCUT2D eigenvalue weighted by atomic mass is 35.5. The number of fused-ring (bicyclic) bond motifs is 1. The molecular formula is C12H14ClN3. The van der Waals surface area contributed by atoms with E-state index in [2.05, 4.69) is 10.3 Å². The summed E-state index contributed by atoms with van der Waals surface area (Å²) in [6.07, 6.45) is 1.77. The summed E-state index contributed by atoms with van der Waals surface area (Å²) >= 11 is 5.92. The molecule has 2 rings (SSSR count). The van der Waals surface area contributed by atoms with Crippen LogP contribution < -0.4 is 11.1 Å². The standard InChI is InChI=1S/C12H14ClN3/c1-8(7-14)16-11-4-5-15-12-6-9(13)2-3-10(11)12/h2-6,8H,7,14H2,1H3,(H,15,16)/t8-/m0/s1. The van der Waals surface area contributed by atoms with Gasteiger partial charge in [-0.3, -0.25) is 4.98 Å². The first kappa shape index (κ1) is 11.2. The zero-order valence-electron chi connectivity index (χ0n) is 9.07. The van der Waals surface area contributed by atoms with Gasteiger partial charge in [-0.25, -0.2) is 0 Å². The number of hydrogen-bond donors (Lipinski definition) is 2. The quantitative estimate of drug-likeness (QED) is 0.860. The number of pyridine rings is 1. The zero-order chi connectivity index (χ0) is 11.5. The Kier molecular flexibility index (Phi) is 3.27. The number of aromatic nitrogens is 1. The van der Waals surface area contributed by atoms with Gasteiger partial charge in [0.05, 0.1) is 5.52 Å². The summed E-state index contributed by atoms with van der Waals surface area (Å²) in [6, 6.07) is 7.87. The Morgan fingerprint density at radius 2 is 2.25 bits per heavy atom. The fourth-order valence-electron chi connectivity index (χ4n) is 1.57. The van der Waals surface area contributed by atoms with Crippen molar-refractivity contribution < 1.29 is 0 Å². The van der Waals surface area contributed by atoms with Crippen molar-refractivity contribution in [2.45, 2.75) is 13.0 Å². The Labute approximate surface area is 99.6 Å². The molecule has 1 atom stereocenters. The summed E-state index contributed by atoms with van der Waals surface area (Å²) in [5, 5.41) is 5.11. The van der Waals surface area contributed by atoms with Gasteiger partial charge in [-0.05, 0) is 31.2 Å². The first-order valence-electron chi connectivity index (χ1n) is 5.21. The predicted molar refractivity (Wildman–Crippen MR) is 68.9 cm³/mol. The summed E-state index contributed by atoms with van der Waals surface area (Å²) in [6.45, 7) is 2.64. The average Bonchev–Trinajstić information content (AvgIpc) is 2.28. The third-order valence-corrected chi connectivity index (χ3v) is 2.70. The maximum absolute atomic E-state index is 5.92. The maximum Gasteiger partial charge on any atom is 0.0737 e. The summed E-state index contributed by atoms with van der Waals surface area (Å²) < 4.78 is 0. The van der Waals surface area contributed by atoms with E-state index < -0.39 is 0 Å². The van der Waals surface area contributed by atoms with Gasteiger partial charge in [0.2, 0.25) is 0 Å². The minimum atomic E-state index is 0.237. The van der Waals surface area contributed by atoms with Gasteiger partial charge < -0.3 is 11.1 Å². The Hall–Kier alpha value is -1.32. The van der Waals surface area contributed by atoms with E-state index in [1.54, 1.807) is 6.20 Å². The van der Waals surface area contributed by atoms with E-state index in [1.807, 2.05) is 31.2 Å². The van der Waals surface area contributed by atoms with Crippen molar-refractivity contribution >= 4 is 28.2 Å². The molecule has 0 saturated heterocycles. The second kappa shape index (κ2) is 4.68. The fourth-order valence-corrected chi connectivity index (χ4v) is 1.74. The highest BCUT2D eigenvalue weighted by Gasteiger charge is 2.04. The molecule has 0 bridgehead atoms. The van der Waals surface area contributed by atoms with E-state index in [0.717, 1.165) is 16.6 Å². The van der Waals surface area contributed by atoms with Gasteiger partial charge in [-0.15, -0.1) is 0 Å². The first-order chi connectivity index (χ1) is 7.70. The van der Waals surface area contributed by atoms with Gasteiger partial charge in [0.15, 0.2) is 0 Å². The van der Waals surface area contributed by atoms with Crippen LogP contribution in [0.5, 0.6) is 0 Å². The topological polar surface area (TPSA) is 50.9 Å². The number of halogens is 1. The molecule has 84 valence electrons. The second-order valence-electron chi connectivity index (χ2n) is 3.80. The maximum atomic E-state index is 5.92. The third kappa shape index (κ3) is 2.26. The van der Waals surface area contributed by atoms with E-state index in [9.17, 15) is 0 Å². The number of anilines is 1. The molecule has 0 amide bonds. The Balaban J connectivity index is 2.45. The highest BCUT2D eigenvalue weighted by Crippen LogP contribution is 2.24. The molecule has 3 nitrogen and oxygen atoms in total. The molecule has 0 aliphatic rings. The van der Waals surface area contributed by atoms with Gasteiger partial charge in [0, 0.05) is 34.9 Å². The van der Waals surface area contributed by atoms with Crippen LogP contribution in [-0.2, 0) is 0 Å². The van der Waals surface area contributed by atoms with E-state index >= 15 is 0 Å². The molecule has 1 aromatic heterocycles. The molecule has 0 aliphatic carbocycles. The minimum Gasteiger partial charge on any atom is -0.381 e. The average molecular weight is 236 g/mol. The zero-order valence-corrected chi connectivity index (χ0v) is 9.83. The molecule has 0 spiro atoms. The molecular weight excluding hydrogens is 222 g/mol. The molecule has 0 saturated carbocycles. The lowest BCUT2D eigenvalue weighted by molar-refractivity contribution is 0.805. The van der Waals surface area contributed by atoms with Crippen molar-refractivity contribution in [3.05, 3.63) is 35.5 Å². The number of nitrogens with zero attached hydrogens (tertiary/aromatic N) is 1. The van der Waals surface area contributed by atoms with Crippen molar-refractivity contribution in [2.24, 2.45) is 5.73 Å². The lowest BCUT2D eigenvalue weighted by Crippen LogP contribution is -2.25. The number of nitrogens with one attached hydrogen (secondary N) is 1. The van der Waals surface area contributed by atoms with Gasteiger partial charge in [0.1, 0.15) is 0 Å². The van der Waals surface area contributed by atoms with Crippen molar-refractivity contribution in [1.29, 1.82) is 0 Å². The van der Waals surface area contributed by atoms with Crippen LogP contribution in [0.2, 0.25) is 5.02 Å². The molecule has 0 unspecified atom stereocenters. The van der Waals surface area contributed by atoms with Crippen LogP contribution >= 0.6 is 11.6 Å². The lowest BCUT2D eigenvalue weighted by Gasteiger charge is -2.14. The molecule has 0 aliphatic heterocycles. The monoisotopic (exact) mass is 235 g/mol. The molecule has 1 aromatic carbocycles. The summed E-state index contributed by atoms with van der Waals surface area (Å²) in [5.74, 6) is 0. The molecule has 1 heterocycles. The van der Waals surface area contributed by atoms with Crippen LogP contribution in [0.1, 0.15) is 6.92 Å². The number of hydrogen-bond acceptors (Lipinski definition) is 3. The number of rotatable bonds is 3. The SMILES string of the molecule is C[C@@H](CN)Nc1ccnc2cc(Cl)ccc12. The third-order valence-electron chi connectivity index (χ3n) is 2.46. The van der Waals surface area contributed by atoms with Crippen LogP contribution in [0.15, 0.2) is 30.5 Å². The molecule has 16 heavy (non-hydrogen) atoms. The largest absolute Gasteiger partial charge is 0.381 e. The van der Waals surface area contributed by atoms with E-state index in [4.69, 9.17) is 17.3 Å². The molecule has 4 heteroatoms. The van der Waals surface area contributed by atoms with Crippen molar-refractivity contribution in [3.8, 4) is 0 Å². The van der Waals surface area contributed by atoms with Crippen LogP contribution in [0.25, 0.3) is 10.9 Å². The summed E-state index contributed by atoms with van der Waals surface area (Å²) in [7, 11) is 0. The fraction of sp³-hybridized carbons (Fsp3) is 0.250. The first-order valence-corrected chi connectivity index (χ1v) is 5.59. The smallest absolute Gasteiger partial charge is 0.0737 e. The van der Waals surface area contributed by atoms with Crippen molar-refractivity contribution in [3.63, 3.8) is 0 Å². The van der Waals surface area contributed by atoms with Crippen LogP contribution in [0.4, 0.5) is 5.69 Å². The van der Waals surface area contributed by atoms with E-state index in [0.29, 0.717) is 11.6 Å². The van der Waals surface area contributed by atoms with E-state index in [1.165, 1.54) is 0 Å². The molecule has 0 fully saturated rings.